The van der Waals surface area contributed by atoms with E-state index < -0.39 is 26.2 Å². The number of benzene rings is 1. The van der Waals surface area contributed by atoms with Gasteiger partial charge >= 0.3 is 9.67 Å². The third-order valence-electron chi connectivity index (χ3n) is 1.36. The summed E-state index contributed by atoms with van der Waals surface area (Å²) in [5, 5.41) is 10.5. The van der Waals surface area contributed by atoms with E-state index in [0.717, 1.165) is 18.2 Å². The normalized spacial score (nSPS) is 11.2. The number of para-hydroxylation sites is 1. The quantitative estimate of drug-likeness (QED) is 0.471. The summed E-state index contributed by atoms with van der Waals surface area (Å²) >= 11 is 15.7. The Morgan fingerprint density at radius 2 is 2.00 bits per heavy atom. The number of nitro benzene ring substituents is 1. The van der Waals surface area contributed by atoms with Crippen LogP contribution in [0.15, 0.2) is 18.2 Å². The zero-order chi connectivity index (χ0) is 11.6. The number of halogens is 4. The Morgan fingerprint density at radius 1 is 1.40 bits per heavy atom. The Labute approximate surface area is 98.6 Å². The average molecular weight is 274 g/mol. The van der Waals surface area contributed by atoms with Crippen LogP contribution in [0.1, 0.15) is 0 Å². The summed E-state index contributed by atoms with van der Waals surface area (Å²) < 4.78 is 15.4. The van der Waals surface area contributed by atoms with Crippen LogP contribution in [-0.4, -0.2) is 8.90 Å². The Balaban J connectivity index is 3.19. The minimum absolute atomic E-state index is 0.610. The van der Waals surface area contributed by atoms with Crippen molar-refractivity contribution in [1.29, 1.82) is 0 Å². The molecule has 0 aromatic heterocycles. The van der Waals surface area contributed by atoms with E-state index in [0.29, 0.717) is 0 Å². The van der Waals surface area contributed by atoms with Gasteiger partial charge < -0.3 is 4.74 Å². The fourth-order valence-electron chi connectivity index (χ4n) is 0.858. The highest BCUT2D eigenvalue weighted by Gasteiger charge is 2.29. The Hall–Kier alpha value is -0.780. The molecular formula is C7H3Cl3FNO3. The van der Waals surface area contributed by atoms with E-state index in [1.165, 1.54) is 0 Å². The number of hydrogen-bond donors (Lipinski definition) is 0. The van der Waals surface area contributed by atoms with Gasteiger partial charge in [-0.3, -0.25) is 10.1 Å². The van der Waals surface area contributed by atoms with Crippen LogP contribution in [-0.2, 0) is 0 Å². The summed E-state index contributed by atoms with van der Waals surface area (Å²) in [6.45, 7) is 0. The molecule has 8 heteroatoms. The standard InChI is InChI=1S/C7H3Cl3FNO3/c8-7(9,10)15-6-4(11)2-1-3-5(6)12(13)14/h1-3H. The minimum Gasteiger partial charge on any atom is -0.435 e. The molecule has 0 atom stereocenters. The van der Waals surface area contributed by atoms with Crippen LogP contribution in [0, 0.1) is 15.9 Å². The summed E-state index contributed by atoms with van der Waals surface area (Å²) in [5.41, 5.74) is -0.610. The molecule has 0 amide bonds. The minimum atomic E-state index is -2.26. The van der Waals surface area contributed by atoms with Gasteiger partial charge in [0.25, 0.3) is 0 Å². The molecule has 0 saturated carbocycles. The molecule has 0 heterocycles. The van der Waals surface area contributed by atoms with Crippen molar-refractivity contribution in [2.24, 2.45) is 0 Å². The summed E-state index contributed by atoms with van der Waals surface area (Å²) in [7, 11) is 0. The molecule has 1 aromatic rings. The van der Waals surface area contributed by atoms with E-state index in [2.05, 4.69) is 4.74 Å². The lowest BCUT2D eigenvalue weighted by atomic mass is 10.3. The molecule has 0 saturated heterocycles. The molecule has 15 heavy (non-hydrogen) atoms. The van der Waals surface area contributed by atoms with E-state index in [1.54, 1.807) is 0 Å². The van der Waals surface area contributed by atoms with E-state index in [-0.39, 0.29) is 0 Å². The van der Waals surface area contributed by atoms with Crippen LogP contribution in [0.3, 0.4) is 0 Å². The van der Waals surface area contributed by atoms with Gasteiger partial charge in [0.2, 0.25) is 5.75 Å². The number of rotatable bonds is 2. The average Bonchev–Trinajstić information content (AvgIpc) is 2.05. The highest BCUT2D eigenvalue weighted by Crippen LogP contribution is 2.37. The second-order valence-corrected chi connectivity index (χ2v) is 4.57. The first-order valence-electron chi connectivity index (χ1n) is 3.50. The van der Waals surface area contributed by atoms with Gasteiger partial charge in [-0.05, 0) is 40.9 Å². The number of alkyl halides is 3. The lowest BCUT2D eigenvalue weighted by molar-refractivity contribution is -0.386. The molecule has 0 bridgehead atoms. The van der Waals surface area contributed by atoms with Gasteiger partial charge in [0.15, 0.2) is 5.82 Å². The van der Waals surface area contributed by atoms with Gasteiger partial charge in [-0.2, -0.15) is 0 Å². The number of nitro groups is 1. The lowest BCUT2D eigenvalue weighted by Crippen LogP contribution is -2.14. The van der Waals surface area contributed by atoms with Gasteiger partial charge in [0.05, 0.1) is 4.92 Å². The van der Waals surface area contributed by atoms with Gasteiger partial charge in [-0.1, -0.05) is 6.07 Å². The van der Waals surface area contributed by atoms with Crippen molar-refractivity contribution >= 4 is 40.5 Å². The Kier molecular flexibility index (Phi) is 3.59. The molecule has 0 aliphatic rings. The maximum atomic E-state index is 13.1. The number of ether oxygens (including phenoxy) is 1. The van der Waals surface area contributed by atoms with Crippen LogP contribution < -0.4 is 4.74 Å². The van der Waals surface area contributed by atoms with Gasteiger partial charge in [0, 0.05) is 6.07 Å². The molecule has 0 spiro atoms. The first-order chi connectivity index (χ1) is 6.81. The van der Waals surface area contributed by atoms with E-state index in [1.807, 2.05) is 0 Å². The van der Waals surface area contributed by atoms with Crippen LogP contribution in [0.25, 0.3) is 0 Å². The van der Waals surface area contributed by atoms with E-state index in [4.69, 9.17) is 34.8 Å². The SMILES string of the molecule is O=[N+]([O-])c1cccc(F)c1OC(Cl)(Cl)Cl. The van der Waals surface area contributed by atoms with Gasteiger partial charge in [-0.25, -0.2) is 4.39 Å². The van der Waals surface area contributed by atoms with Crippen molar-refractivity contribution in [2.75, 3.05) is 0 Å². The Morgan fingerprint density at radius 3 is 2.47 bits per heavy atom. The molecule has 0 fully saturated rings. The monoisotopic (exact) mass is 273 g/mol. The largest absolute Gasteiger partial charge is 0.435 e. The topological polar surface area (TPSA) is 52.4 Å². The summed E-state index contributed by atoms with van der Waals surface area (Å²) in [5.74, 6) is -1.68. The molecule has 4 nitrogen and oxygen atoms in total. The fraction of sp³-hybridized carbons (Fsp3) is 0.143. The highest BCUT2D eigenvalue weighted by atomic mass is 35.6. The zero-order valence-corrected chi connectivity index (χ0v) is 9.18. The first-order valence-corrected chi connectivity index (χ1v) is 4.63. The molecule has 0 aliphatic heterocycles. The Bertz CT molecular complexity index is 394. The van der Waals surface area contributed by atoms with Crippen molar-refractivity contribution < 1.29 is 14.1 Å². The molecule has 0 unspecified atom stereocenters. The first kappa shape index (κ1) is 12.3. The van der Waals surface area contributed by atoms with Gasteiger partial charge in [0.1, 0.15) is 0 Å². The maximum Gasteiger partial charge on any atom is 0.339 e. The fourth-order valence-corrected chi connectivity index (χ4v) is 1.09. The molecule has 1 aromatic carbocycles. The second kappa shape index (κ2) is 4.38. The number of hydrogen-bond acceptors (Lipinski definition) is 3. The van der Waals surface area contributed by atoms with Crippen LogP contribution in [0.2, 0.25) is 0 Å². The molecular weight excluding hydrogens is 271 g/mol. The van der Waals surface area contributed by atoms with Crippen molar-refractivity contribution in [3.05, 3.63) is 34.1 Å². The number of nitrogens with zero attached hydrogens (tertiary/aromatic N) is 1. The summed E-state index contributed by atoms with van der Waals surface area (Å²) in [6.07, 6.45) is 0. The van der Waals surface area contributed by atoms with E-state index >= 15 is 0 Å². The lowest BCUT2D eigenvalue weighted by Gasteiger charge is -2.13. The van der Waals surface area contributed by atoms with E-state index in [9.17, 15) is 14.5 Å². The van der Waals surface area contributed by atoms with Gasteiger partial charge in [-0.15, -0.1) is 0 Å². The van der Waals surface area contributed by atoms with Crippen molar-refractivity contribution in [1.82, 2.24) is 0 Å². The molecule has 0 aliphatic carbocycles. The smallest absolute Gasteiger partial charge is 0.339 e. The van der Waals surface area contributed by atoms with Crippen LogP contribution >= 0.6 is 34.8 Å². The molecule has 82 valence electrons. The molecule has 1 rings (SSSR count). The highest BCUT2D eigenvalue weighted by molar-refractivity contribution is 6.66. The summed E-state index contributed by atoms with van der Waals surface area (Å²) in [4.78, 5) is 9.65. The summed E-state index contributed by atoms with van der Waals surface area (Å²) in [6, 6.07) is 3.15. The maximum absolute atomic E-state index is 13.1. The van der Waals surface area contributed by atoms with Crippen LogP contribution in [0.4, 0.5) is 10.1 Å². The molecule has 0 radical (unpaired) electrons. The molecule has 0 N–H and O–H groups in total. The van der Waals surface area contributed by atoms with Crippen molar-refractivity contribution in [2.45, 2.75) is 3.98 Å². The second-order valence-electron chi connectivity index (χ2n) is 2.39. The third-order valence-corrected chi connectivity index (χ3v) is 1.59. The van der Waals surface area contributed by atoms with Crippen molar-refractivity contribution in [3.8, 4) is 5.75 Å². The predicted molar refractivity (Wildman–Crippen MR) is 54.0 cm³/mol. The third kappa shape index (κ3) is 3.37. The zero-order valence-electron chi connectivity index (χ0n) is 6.92. The predicted octanol–water partition coefficient (Wildman–Crippen LogP) is 3.44. The van der Waals surface area contributed by atoms with Crippen molar-refractivity contribution in [3.63, 3.8) is 0 Å². The van der Waals surface area contributed by atoms with Crippen LogP contribution in [0.5, 0.6) is 5.75 Å².